The van der Waals surface area contributed by atoms with Crippen LogP contribution in [0.15, 0.2) is 72.9 Å². The van der Waals surface area contributed by atoms with Crippen molar-refractivity contribution in [2.24, 2.45) is 0 Å². The Balaban J connectivity index is 1.89. The minimum absolute atomic E-state index is 0.0356. The summed E-state index contributed by atoms with van der Waals surface area (Å²) in [5, 5.41) is 0. The summed E-state index contributed by atoms with van der Waals surface area (Å²) < 4.78 is 0. The second-order valence-corrected chi connectivity index (χ2v) is 4.93. The van der Waals surface area contributed by atoms with Crippen LogP contribution < -0.4 is 0 Å². The van der Waals surface area contributed by atoms with Gasteiger partial charge in [-0.25, -0.2) is 0 Å². The van der Waals surface area contributed by atoms with Gasteiger partial charge in [0.25, 0.3) is 0 Å². The van der Waals surface area contributed by atoms with Crippen LogP contribution in [0.1, 0.15) is 17.3 Å². The van der Waals surface area contributed by atoms with E-state index in [1.807, 2.05) is 30.3 Å². The van der Waals surface area contributed by atoms with Gasteiger partial charge in [0.1, 0.15) is 0 Å². The van der Waals surface area contributed by atoms with Gasteiger partial charge >= 0.3 is 0 Å². The standard InChI is InChI=1S/C19H15NO/c1-14(21)18-11-12-19(20-13-18)17-9-7-16(8-10-17)15-5-3-2-4-6-15/h2-13H,1H3. The molecule has 1 aromatic heterocycles. The Morgan fingerprint density at radius 2 is 1.38 bits per heavy atom. The molecule has 0 atom stereocenters. The van der Waals surface area contributed by atoms with E-state index in [0.717, 1.165) is 11.3 Å². The number of aromatic nitrogens is 1. The summed E-state index contributed by atoms with van der Waals surface area (Å²) in [7, 11) is 0. The molecule has 2 nitrogen and oxygen atoms in total. The van der Waals surface area contributed by atoms with Crippen LogP contribution in [0.2, 0.25) is 0 Å². The third-order valence-corrected chi connectivity index (χ3v) is 3.46. The van der Waals surface area contributed by atoms with E-state index in [0.29, 0.717) is 5.56 Å². The Morgan fingerprint density at radius 3 is 1.95 bits per heavy atom. The minimum Gasteiger partial charge on any atom is -0.294 e. The number of carbonyl (C=O) groups is 1. The molecule has 0 saturated heterocycles. The molecule has 0 fully saturated rings. The maximum atomic E-state index is 11.3. The Kier molecular flexibility index (Phi) is 3.61. The minimum atomic E-state index is 0.0356. The van der Waals surface area contributed by atoms with Crippen molar-refractivity contribution in [1.29, 1.82) is 0 Å². The average molecular weight is 273 g/mol. The highest BCUT2D eigenvalue weighted by molar-refractivity contribution is 5.93. The predicted molar refractivity (Wildman–Crippen MR) is 85.1 cm³/mol. The average Bonchev–Trinajstić information content (AvgIpc) is 2.56. The number of carbonyl (C=O) groups excluding carboxylic acids is 1. The Bertz CT molecular complexity index is 744. The van der Waals surface area contributed by atoms with Crippen molar-refractivity contribution in [2.45, 2.75) is 6.92 Å². The molecule has 0 radical (unpaired) electrons. The highest BCUT2D eigenvalue weighted by Crippen LogP contribution is 2.23. The summed E-state index contributed by atoms with van der Waals surface area (Å²) in [6.07, 6.45) is 1.63. The molecular weight excluding hydrogens is 258 g/mol. The van der Waals surface area contributed by atoms with E-state index in [2.05, 4.69) is 41.4 Å². The van der Waals surface area contributed by atoms with Gasteiger partial charge in [0.05, 0.1) is 5.69 Å². The first-order valence-electron chi connectivity index (χ1n) is 6.87. The Hall–Kier alpha value is -2.74. The maximum Gasteiger partial charge on any atom is 0.161 e. The number of benzene rings is 2. The monoisotopic (exact) mass is 273 g/mol. The second kappa shape index (κ2) is 5.71. The molecule has 3 aromatic rings. The number of hydrogen-bond donors (Lipinski definition) is 0. The van der Waals surface area contributed by atoms with Crippen LogP contribution >= 0.6 is 0 Å². The summed E-state index contributed by atoms with van der Waals surface area (Å²) in [5.41, 5.74) is 4.94. The first-order valence-corrected chi connectivity index (χ1v) is 6.87. The van der Waals surface area contributed by atoms with Crippen LogP contribution in [0.5, 0.6) is 0 Å². The van der Waals surface area contributed by atoms with Crippen LogP contribution in [0, 0.1) is 0 Å². The summed E-state index contributed by atoms with van der Waals surface area (Å²) in [6, 6.07) is 22.2. The SMILES string of the molecule is CC(=O)c1ccc(-c2ccc(-c3ccccc3)cc2)nc1. The quantitative estimate of drug-likeness (QED) is 0.652. The summed E-state index contributed by atoms with van der Waals surface area (Å²) in [4.78, 5) is 15.6. The van der Waals surface area contributed by atoms with Gasteiger partial charge < -0.3 is 0 Å². The van der Waals surface area contributed by atoms with E-state index in [1.54, 1.807) is 13.1 Å². The van der Waals surface area contributed by atoms with Crippen LogP contribution in [0.25, 0.3) is 22.4 Å². The van der Waals surface area contributed by atoms with Crippen molar-refractivity contribution in [3.63, 3.8) is 0 Å². The van der Waals surface area contributed by atoms with Gasteiger partial charge in [0.15, 0.2) is 5.78 Å². The number of Topliss-reactive ketones (excluding diaryl/α,β-unsaturated/α-hetero) is 1. The van der Waals surface area contributed by atoms with Crippen LogP contribution in [-0.2, 0) is 0 Å². The van der Waals surface area contributed by atoms with Gasteiger partial charge in [-0.2, -0.15) is 0 Å². The van der Waals surface area contributed by atoms with Gasteiger partial charge in [-0.1, -0.05) is 54.6 Å². The van der Waals surface area contributed by atoms with E-state index in [9.17, 15) is 4.79 Å². The molecule has 1 heterocycles. The predicted octanol–water partition coefficient (Wildman–Crippen LogP) is 4.62. The summed E-state index contributed by atoms with van der Waals surface area (Å²) >= 11 is 0. The fraction of sp³-hybridized carbons (Fsp3) is 0.0526. The fourth-order valence-electron chi connectivity index (χ4n) is 2.24. The highest BCUT2D eigenvalue weighted by atomic mass is 16.1. The molecule has 0 aliphatic rings. The molecule has 2 aromatic carbocycles. The highest BCUT2D eigenvalue weighted by Gasteiger charge is 2.03. The third kappa shape index (κ3) is 2.90. The van der Waals surface area contributed by atoms with Gasteiger partial charge in [-0.3, -0.25) is 9.78 Å². The zero-order valence-corrected chi connectivity index (χ0v) is 11.8. The van der Waals surface area contributed by atoms with Crippen molar-refractivity contribution in [1.82, 2.24) is 4.98 Å². The molecule has 0 saturated carbocycles. The lowest BCUT2D eigenvalue weighted by atomic mass is 10.0. The Labute approximate surface area is 124 Å². The molecule has 2 heteroatoms. The molecule has 0 aliphatic heterocycles. The molecule has 0 unspecified atom stereocenters. The van der Waals surface area contributed by atoms with Crippen molar-refractivity contribution in [2.75, 3.05) is 0 Å². The number of ketones is 1. The van der Waals surface area contributed by atoms with Crippen molar-refractivity contribution >= 4 is 5.78 Å². The van der Waals surface area contributed by atoms with Crippen LogP contribution in [0.4, 0.5) is 0 Å². The van der Waals surface area contributed by atoms with E-state index in [1.165, 1.54) is 11.1 Å². The topological polar surface area (TPSA) is 30.0 Å². The van der Waals surface area contributed by atoms with Crippen LogP contribution in [-0.4, -0.2) is 10.8 Å². The van der Waals surface area contributed by atoms with Crippen molar-refractivity contribution in [3.05, 3.63) is 78.5 Å². The van der Waals surface area contributed by atoms with E-state index < -0.39 is 0 Å². The molecule has 0 amide bonds. The Morgan fingerprint density at radius 1 is 0.762 bits per heavy atom. The zero-order valence-electron chi connectivity index (χ0n) is 11.8. The second-order valence-electron chi connectivity index (χ2n) is 4.93. The number of rotatable bonds is 3. The van der Waals surface area contributed by atoms with Gasteiger partial charge in [-0.05, 0) is 30.2 Å². The summed E-state index contributed by atoms with van der Waals surface area (Å²) in [5.74, 6) is 0.0356. The van der Waals surface area contributed by atoms with Crippen molar-refractivity contribution in [3.8, 4) is 22.4 Å². The smallest absolute Gasteiger partial charge is 0.161 e. The maximum absolute atomic E-state index is 11.3. The van der Waals surface area contributed by atoms with Gasteiger partial charge in [0.2, 0.25) is 0 Å². The molecule has 0 bridgehead atoms. The van der Waals surface area contributed by atoms with Crippen molar-refractivity contribution < 1.29 is 4.79 Å². The number of hydrogen-bond acceptors (Lipinski definition) is 2. The fourth-order valence-corrected chi connectivity index (χ4v) is 2.24. The number of nitrogens with zero attached hydrogens (tertiary/aromatic N) is 1. The first kappa shape index (κ1) is 13.3. The largest absolute Gasteiger partial charge is 0.294 e. The zero-order chi connectivity index (χ0) is 14.7. The van der Waals surface area contributed by atoms with E-state index in [-0.39, 0.29) is 5.78 Å². The molecule has 0 N–H and O–H groups in total. The normalized spacial score (nSPS) is 10.3. The third-order valence-electron chi connectivity index (χ3n) is 3.46. The van der Waals surface area contributed by atoms with E-state index >= 15 is 0 Å². The lowest BCUT2D eigenvalue weighted by molar-refractivity contribution is 0.101. The van der Waals surface area contributed by atoms with Gasteiger partial charge in [0, 0.05) is 17.3 Å². The lowest BCUT2D eigenvalue weighted by Gasteiger charge is -2.05. The number of pyridine rings is 1. The summed E-state index contributed by atoms with van der Waals surface area (Å²) in [6.45, 7) is 1.55. The molecule has 102 valence electrons. The van der Waals surface area contributed by atoms with Gasteiger partial charge in [-0.15, -0.1) is 0 Å². The molecular formula is C19H15NO. The molecule has 0 aliphatic carbocycles. The molecule has 3 rings (SSSR count). The van der Waals surface area contributed by atoms with E-state index in [4.69, 9.17) is 0 Å². The molecule has 21 heavy (non-hydrogen) atoms. The lowest BCUT2D eigenvalue weighted by Crippen LogP contribution is -1.93. The first-order chi connectivity index (χ1) is 10.2. The van der Waals surface area contributed by atoms with Crippen LogP contribution in [0.3, 0.4) is 0 Å². The molecule has 0 spiro atoms.